The summed E-state index contributed by atoms with van der Waals surface area (Å²) in [5.74, 6) is -1.32. The Kier molecular flexibility index (Phi) is 8.76. The van der Waals surface area contributed by atoms with E-state index in [1.54, 1.807) is 26.0 Å². The van der Waals surface area contributed by atoms with Gasteiger partial charge < -0.3 is 19.8 Å². The van der Waals surface area contributed by atoms with Crippen molar-refractivity contribution < 1.29 is 32.0 Å². The van der Waals surface area contributed by atoms with Gasteiger partial charge in [0.1, 0.15) is 12.3 Å². The lowest BCUT2D eigenvalue weighted by Gasteiger charge is -2.18. The van der Waals surface area contributed by atoms with Gasteiger partial charge in [0.2, 0.25) is 10.0 Å². The van der Waals surface area contributed by atoms with Gasteiger partial charge in [-0.25, -0.2) is 8.42 Å². The first-order valence-electron chi connectivity index (χ1n) is 9.61. The lowest BCUT2D eigenvalue weighted by molar-refractivity contribution is -0.147. The van der Waals surface area contributed by atoms with Crippen molar-refractivity contribution in [3.05, 3.63) is 54.0 Å². The van der Waals surface area contributed by atoms with Gasteiger partial charge in [0.05, 0.1) is 17.7 Å². The van der Waals surface area contributed by atoms with Gasteiger partial charge in [-0.3, -0.25) is 14.4 Å². The molecule has 0 aliphatic heterocycles. The Labute approximate surface area is 180 Å². The van der Waals surface area contributed by atoms with Gasteiger partial charge in [-0.15, -0.1) is 0 Å². The first-order chi connectivity index (χ1) is 14.8. The molecule has 0 aliphatic rings. The van der Waals surface area contributed by atoms with Gasteiger partial charge in [-0.1, -0.05) is 13.8 Å². The van der Waals surface area contributed by atoms with Crippen molar-refractivity contribution in [2.24, 2.45) is 0 Å². The Hall–Kier alpha value is -3.18. The lowest BCUT2D eigenvalue weighted by Crippen LogP contribution is -2.34. The minimum absolute atomic E-state index is 0.0766. The van der Waals surface area contributed by atoms with Crippen LogP contribution in [0, 0.1) is 0 Å². The summed E-state index contributed by atoms with van der Waals surface area (Å²) >= 11 is 0. The summed E-state index contributed by atoms with van der Waals surface area (Å²) in [7, 11) is -3.62. The minimum Gasteiger partial charge on any atom is -0.467 e. The van der Waals surface area contributed by atoms with E-state index in [0.29, 0.717) is 18.8 Å². The topological polar surface area (TPSA) is 135 Å². The first kappa shape index (κ1) is 24.1. The molecule has 2 N–H and O–H groups in total. The molecule has 168 valence electrons. The predicted octanol–water partition coefficient (Wildman–Crippen LogP) is 0.900. The molecule has 0 spiro atoms. The van der Waals surface area contributed by atoms with Gasteiger partial charge >= 0.3 is 5.97 Å². The fraction of sp³-hybridized carbons (Fsp3) is 0.350. The van der Waals surface area contributed by atoms with E-state index in [2.05, 4.69) is 10.6 Å². The smallest absolute Gasteiger partial charge is 0.325 e. The van der Waals surface area contributed by atoms with Crippen LogP contribution in [0.1, 0.15) is 30.0 Å². The highest BCUT2D eigenvalue weighted by atomic mass is 32.2. The molecule has 0 saturated heterocycles. The maximum absolute atomic E-state index is 12.5. The number of esters is 1. The maximum atomic E-state index is 12.5. The Bertz CT molecular complexity index is 982. The fourth-order valence-corrected chi connectivity index (χ4v) is 4.05. The number of rotatable bonds is 11. The number of furan rings is 1. The van der Waals surface area contributed by atoms with Gasteiger partial charge in [-0.05, 0) is 36.4 Å². The van der Waals surface area contributed by atoms with Crippen molar-refractivity contribution >= 4 is 27.8 Å². The molecule has 2 rings (SSSR count). The van der Waals surface area contributed by atoms with E-state index >= 15 is 0 Å². The van der Waals surface area contributed by atoms with Gasteiger partial charge in [0.25, 0.3) is 11.8 Å². The summed E-state index contributed by atoms with van der Waals surface area (Å²) in [5.41, 5.74) is 0.183. The first-order valence-corrected chi connectivity index (χ1v) is 11.0. The standard InChI is InChI=1S/C20H25N3O7S/c1-3-23(4-2)31(27,28)17-9-7-15(8-10-17)20(26)22-13-19(25)30-14-18(24)21-12-16-6-5-11-29-16/h5-11H,3-4,12-14H2,1-2H3,(H,21,24)(H,22,26). The third kappa shape index (κ3) is 6.93. The molecular formula is C20H25N3O7S. The average molecular weight is 452 g/mol. The molecule has 11 heteroatoms. The molecule has 2 amide bonds. The highest BCUT2D eigenvalue weighted by molar-refractivity contribution is 7.89. The summed E-state index contributed by atoms with van der Waals surface area (Å²) < 4.78 is 36.1. The molecule has 1 aromatic heterocycles. The van der Waals surface area contributed by atoms with Crippen LogP contribution in [0.2, 0.25) is 0 Å². The van der Waals surface area contributed by atoms with Crippen LogP contribution in [0.25, 0.3) is 0 Å². The number of hydrogen-bond donors (Lipinski definition) is 2. The van der Waals surface area contributed by atoms with Crippen LogP contribution >= 0.6 is 0 Å². The number of benzene rings is 1. The Balaban J connectivity index is 1.78. The number of carbonyl (C=O) groups is 3. The minimum atomic E-state index is -3.62. The number of nitrogens with one attached hydrogen (secondary N) is 2. The molecule has 0 saturated carbocycles. The summed E-state index contributed by atoms with van der Waals surface area (Å²) in [4.78, 5) is 35.6. The predicted molar refractivity (Wildman–Crippen MR) is 110 cm³/mol. The second-order valence-electron chi connectivity index (χ2n) is 6.31. The van der Waals surface area contributed by atoms with Crippen LogP contribution in [0.15, 0.2) is 52.0 Å². The Morgan fingerprint density at radius 3 is 2.29 bits per heavy atom. The third-order valence-corrected chi connectivity index (χ3v) is 6.32. The Morgan fingerprint density at radius 1 is 1.03 bits per heavy atom. The summed E-state index contributed by atoms with van der Waals surface area (Å²) in [6, 6.07) is 8.77. The van der Waals surface area contributed by atoms with E-state index in [4.69, 9.17) is 9.15 Å². The highest BCUT2D eigenvalue weighted by Crippen LogP contribution is 2.16. The average Bonchev–Trinajstić information content (AvgIpc) is 3.29. The van der Waals surface area contributed by atoms with Crippen LogP contribution in [0.5, 0.6) is 0 Å². The number of ether oxygens (including phenoxy) is 1. The molecule has 10 nitrogen and oxygen atoms in total. The van der Waals surface area contributed by atoms with Crippen LogP contribution < -0.4 is 10.6 Å². The molecule has 0 fully saturated rings. The molecular weight excluding hydrogens is 426 g/mol. The second-order valence-corrected chi connectivity index (χ2v) is 8.25. The summed E-state index contributed by atoms with van der Waals surface area (Å²) in [6.45, 7) is 3.39. The molecule has 0 atom stereocenters. The van der Waals surface area contributed by atoms with Crippen LogP contribution in [0.3, 0.4) is 0 Å². The van der Waals surface area contributed by atoms with Crippen LogP contribution in [-0.2, 0) is 30.9 Å². The van der Waals surface area contributed by atoms with Crippen molar-refractivity contribution in [3.63, 3.8) is 0 Å². The zero-order chi connectivity index (χ0) is 22.9. The maximum Gasteiger partial charge on any atom is 0.325 e. The number of nitrogens with zero attached hydrogens (tertiary/aromatic N) is 1. The molecule has 0 bridgehead atoms. The monoisotopic (exact) mass is 451 g/mol. The van der Waals surface area contributed by atoms with E-state index in [-0.39, 0.29) is 17.0 Å². The molecule has 0 unspecified atom stereocenters. The lowest BCUT2D eigenvalue weighted by atomic mass is 10.2. The van der Waals surface area contributed by atoms with E-state index in [1.165, 1.54) is 34.8 Å². The molecule has 0 radical (unpaired) electrons. The Morgan fingerprint density at radius 2 is 1.71 bits per heavy atom. The normalized spacial score (nSPS) is 11.2. The van der Waals surface area contributed by atoms with Crippen LogP contribution in [0.4, 0.5) is 0 Å². The number of carbonyl (C=O) groups excluding carboxylic acids is 3. The second kappa shape index (κ2) is 11.3. The molecule has 31 heavy (non-hydrogen) atoms. The van der Waals surface area contributed by atoms with E-state index < -0.39 is 41.0 Å². The van der Waals surface area contributed by atoms with Crippen molar-refractivity contribution in [1.82, 2.24) is 14.9 Å². The zero-order valence-corrected chi connectivity index (χ0v) is 18.1. The van der Waals surface area contributed by atoms with Crippen molar-refractivity contribution in [3.8, 4) is 0 Å². The summed E-state index contributed by atoms with van der Waals surface area (Å²) in [6.07, 6.45) is 1.47. The largest absolute Gasteiger partial charge is 0.467 e. The van der Waals surface area contributed by atoms with Crippen LogP contribution in [-0.4, -0.2) is 56.7 Å². The zero-order valence-electron chi connectivity index (χ0n) is 17.3. The summed E-state index contributed by atoms with van der Waals surface area (Å²) in [5, 5.41) is 4.88. The molecule has 1 heterocycles. The number of sulfonamides is 1. The van der Waals surface area contributed by atoms with Gasteiger partial charge in [-0.2, -0.15) is 4.31 Å². The molecule has 1 aromatic carbocycles. The molecule has 0 aliphatic carbocycles. The number of hydrogen-bond acceptors (Lipinski definition) is 7. The molecule has 2 aromatic rings. The van der Waals surface area contributed by atoms with Crippen molar-refractivity contribution in [2.45, 2.75) is 25.3 Å². The van der Waals surface area contributed by atoms with Crippen molar-refractivity contribution in [2.75, 3.05) is 26.2 Å². The SMILES string of the molecule is CCN(CC)S(=O)(=O)c1ccc(C(=O)NCC(=O)OCC(=O)NCc2ccco2)cc1. The van der Waals surface area contributed by atoms with Crippen molar-refractivity contribution in [1.29, 1.82) is 0 Å². The van der Waals surface area contributed by atoms with E-state index in [0.717, 1.165) is 0 Å². The fourth-order valence-electron chi connectivity index (χ4n) is 2.59. The van der Waals surface area contributed by atoms with E-state index in [9.17, 15) is 22.8 Å². The third-order valence-electron chi connectivity index (χ3n) is 4.26. The number of amides is 2. The van der Waals surface area contributed by atoms with Gasteiger partial charge in [0.15, 0.2) is 6.61 Å². The van der Waals surface area contributed by atoms with E-state index in [1.807, 2.05) is 0 Å². The quantitative estimate of drug-likeness (QED) is 0.485. The van der Waals surface area contributed by atoms with Gasteiger partial charge in [0, 0.05) is 18.7 Å². The highest BCUT2D eigenvalue weighted by Gasteiger charge is 2.21.